The molecule has 1 amide bonds. The van der Waals surface area contributed by atoms with Gasteiger partial charge in [0, 0.05) is 10.2 Å². The second-order valence-corrected chi connectivity index (χ2v) is 3.80. The Kier molecular flexibility index (Phi) is 4.06. The van der Waals surface area contributed by atoms with E-state index in [9.17, 15) is 4.79 Å². The van der Waals surface area contributed by atoms with E-state index in [2.05, 4.69) is 26.7 Å². The van der Waals surface area contributed by atoms with Gasteiger partial charge >= 0.3 is 0 Å². The summed E-state index contributed by atoms with van der Waals surface area (Å²) in [7, 11) is 0. The van der Waals surface area contributed by atoms with Crippen LogP contribution in [0.1, 0.15) is 6.92 Å². The standard InChI is InChI=1S/C9H12BrN3O/c1-6(13-11)9(14)12-8-4-2-7(10)3-5-8/h2-6,13H,11H2,1H3,(H,12,14). The third-order valence-electron chi connectivity index (χ3n) is 1.76. The summed E-state index contributed by atoms with van der Waals surface area (Å²) in [6.45, 7) is 1.69. The molecule has 0 aliphatic rings. The highest BCUT2D eigenvalue weighted by atomic mass is 79.9. The lowest BCUT2D eigenvalue weighted by Crippen LogP contribution is -2.42. The van der Waals surface area contributed by atoms with E-state index in [-0.39, 0.29) is 5.91 Å². The van der Waals surface area contributed by atoms with E-state index in [0.717, 1.165) is 10.2 Å². The van der Waals surface area contributed by atoms with Crippen LogP contribution in [0.5, 0.6) is 0 Å². The molecule has 1 aromatic rings. The number of anilines is 1. The van der Waals surface area contributed by atoms with E-state index in [1.165, 1.54) is 0 Å². The van der Waals surface area contributed by atoms with Crippen molar-refractivity contribution in [3.8, 4) is 0 Å². The van der Waals surface area contributed by atoms with Crippen LogP contribution in [-0.4, -0.2) is 11.9 Å². The number of rotatable bonds is 3. The third kappa shape index (κ3) is 3.10. The van der Waals surface area contributed by atoms with Crippen molar-refractivity contribution in [3.63, 3.8) is 0 Å². The molecule has 1 rings (SSSR count). The van der Waals surface area contributed by atoms with E-state index in [1.807, 2.05) is 24.3 Å². The minimum atomic E-state index is -0.404. The lowest BCUT2D eigenvalue weighted by molar-refractivity contribution is -0.117. The quantitative estimate of drug-likeness (QED) is 0.564. The molecule has 1 aromatic carbocycles. The number of carbonyl (C=O) groups is 1. The Balaban J connectivity index is 2.60. The van der Waals surface area contributed by atoms with Gasteiger partial charge in [-0.1, -0.05) is 15.9 Å². The Bertz CT molecular complexity index is 312. The highest BCUT2D eigenvalue weighted by Gasteiger charge is 2.09. The van der Waals surface area contributed by atoms with Crippen LogP contribution in [0.15, 0.2) is 28.7 Å². The molecule has 14 heavy (non-hydrogen) atoms. The molecule has 0 aliphatic carbocycles. The van der Waals surface area contributed by atoms with E-state index in [0.29, 0.717) is 0 Å². The van der Waals surface area contributed by atoms with Crippen molar-refractivity contribution in [1.82, 2.24) is 5.43 Å². The molecule has 1 unspecified atom stereocenters. The van der Waals surface area contributed by atoms with Gasteiger partial charge in [0.2, 0.25) is 5.91 Å². The molecule has 4 N–H and O–H groups in total. The van der Waals surface area contributed by atoms with Crippen LogP contribution in [0.25, 0.3) is 0 Å². The molecule has 0 spiro atoms. The zero-order chi connectivity index (χ0) is 10.6. The topological polar surface area (TPSA) is 67.1 Å². The van der Waals surface area contributed by atoms with Crippen LogP contribution in [0, 0.1) is 0 Å². The molecule has 0 saturated carbocycles. The number of hydrazine groups is 1. The van der Waals surface area contributed by atoms with E-state index in [1.54, 1.807) is 6.92 Å². The number of carbonyl (C=O) groups excluding carboxylic acids is 1. The summed E-state index contributed by atoms with van der Waals surface area (Å²) in [6, 6.07) is 6.93. The average molecular weight is 258 g/mol. The van der Waals surface area contributed by atoms with Crippen molar-refractivity contribution in [3.05, 3.63) is 28.7 Å². The number of nitrogens with two attached hydrogens (primary N) is 1. The monoisotopic (exact) mass is 257 g/mol. The van der Waals surface area contributed by atoms with Crippen LogP contribution in [0.2, 0.25) is 0 Å². The first-order chi connectivity index (χ1) is 6.63. The van der Waals surface area contributed by atoms with E-state index < -0.39 is 6.04 Å². The van der Waals surface area contributed by atoms with Gasteiger partial charge in [0.25, 0.3) is 0 Å². The van der Waals surface area contributed by atoms with Gasteiger partial charge in [-0.25, -0.2) is 5.43 Å². The molecular weight excluding hydrogens is 246 g/mol. The van der Waals surface area contributed by atoms with Crippen LogP contribution < -0.4 is 16.6 Å². The predicted molar refractivity (Wildman–Crippen MR) is 59.6 cm³/mol. The summed E-state index contributed by atoms with van der Waals surface area (Å²) in [5.41, 5.74) is 3.13. The van der Waals surface area contributed by atoms with Crippen molar-refractivity contribution >= 4 is 27.5 Å². The van der Waals surface area contributed by atoms with Gasteiger partial charge in [0.15, 0.2) is 0 Å². The Morgan fingerprint density at radius 2 is 2.00 bits per heavy atom. The highest BCUT2D eigenvalue weighted by molar-refractivity contribution is 9.10. The molecule has 0 aliphatic heterocycles. The third-order valence-corrected chi connectivity index (χ3v) is 2.28. The molecule has 5 heteroatoms. The van der Waals surface area contributed by atoms with E-state index in [4.69, 9.17) is 5.84 Å². The smallest absolute Gasteiger partial charge is 0.242 e. The SMILES string of the molecule is CC(NN)C(=O)Nc1ccc(Br)cc1. The van der Waals surface area contributed by atoms with Crippen molar-refractivity contribution in [2.24, 2.45) is 5.84 Å². The summed E-state index contributed by atoms with van der Waals surface area (Å²) in [5, 5.41) is 2.72. The van der Waals surface area contributed by atoms with Crippen LogP contribution >= 0.6 is 15.9 Å². The zero-order valence-corrected chi connectivity index (χ0v) is 9.34. The molecule has 0 heterocycles. The van der Waals surface area contributed by atoms with Crippen LogP contribution in [-0.2, 0) is 4.79 Å². The fourth-order valence-corrected chi connectivity index (χ4v) is 1.12. The molecular formula is C9H12BrN3O. The van der Waals surface area contributed by atoms with Gasteiger partial charge in [-0.05, 0) is 31.2 Å². The molecule has 0 radical (unpaired) electrons. The van der Waals surface area contributed by atoms with Gasteiger partial charge in [0.05, 0.1) is 6.04 Å². The lowest BCUT2D eigenvalue weighted by atomic mass is 10.3. The number of nitrogens with one attached hydrogen (secondary N) is 2. The molecule has 0 bridgehead atoms. The number of hydrogen-bond donors (Lipinski definition) is 3. The average Bonchev–Trinajstić information content (AvgIpc) is 2.20. The van der Waals surface area contributed by atoms with Gasteiger partial charge in [-0.3, -0.25) is 10.6 Å². The maximum absolute atomic E-state index is 11.4. The van der Waals surface area contributed by atoms with Gasteiger partial charge in [-0.15, -0.1) is 0 Å². The second-order valence-electron chi connectivity index (χ2n) is 2.88. The van der Waals surface area contributed by atoms with Crippen molar-refractivity contribution in [1.29, 1.82) is 0 Å². The molecule has 0 saturated heterocycles. The molecule has 0 aromatic heterocycles. The van der Waals surface area contributed by atoms with Gasteiger partial charge in [-0.2, -0.15) is 0 Å². The minimum absolute atomic E-state index is 0.158. The molecule has 4 nitrogen and oxygen atoms in total. The first-order valence-corrected chi connectivity index (χ1v) is 4.95. The first kappa shape index (κ1) is 11.2. The summed E-state index contributed by atoms with van der Waals surface area (Å²) in [5.74, 6) is 4.97. The number of halogens is 1. The second kappa shape index (κ2) is 5.09. The number of benzene rings is 1. The summed E-state index contributed by atoms with van der Waals surface area (Å²) in [6.07, 6.45) is 0. The highest BCUT2D eigenvalue weighted by Crippen LogP contribution is 2.14. The van der Waals surface area contributed by atoms with Gasteiger partial charge in [0.1, 0.15) is 0 Å². The summed E-state index contributed by atoms with van der Waals surface area (Å²) in [4.78, 5) is 11.4. The maximum Gasteiger partial charge on any atom is 0.242 e. The van der Waals surface area contributed by atoms with Crippen molar-refractivity contribution in [2.75, 3.05) is 5.32 Å². The van der Waals surface area contributed by atoms with Crippen LogP contribution in [0.4, 0.5) is 5.69 Å². The molecule has 1 atom stereocenters. The maximum atomic E-state index is 11.4. The summed E-state index contributed by atoms with van der Waals surface area (Å²) >= 11 is 3.31. The fourth-order valence-electron chi connectivity index (χ4n) is 0.859. The van der Waals surface area contributed by atoms with E-state index >= 15 is 0 Å². The fraction of sp³-hybridized carbons (Fsp3) is 0.222. The number of hydrogen-bond acceptors (Lipinski definition) is 3. The van der Waals surface area contributed by atoms with Crippen LogP contribution in [0.3, 0.4) is 0 Å². The Morgan fingerprint density at radius 1 is 1.43 bits per heavy atom. The molecule has 76 valence electrons. The Labute approximate surface area is 91.0 Å². The zero-order valence-electron chi connectivity index (χ0n) is 7.75. The molecule has 0 fully saturated rings. The van der Waals surface area contributed by atoms with Crippen molar-refractivity contribution < 1.29 is 4.79 Å². The first-order valence-electron chi connectivity index (χ1n) is 4.16. The Morgan fingerprint density at radius 3 is 2.50 bits per heavy atom. The Hall–Kier alpha value is -0.910. The summed E-state index contributed by atoms with van der Waals surface area (Å²) < 4.78 is 0.973. The number of amides is 1. The van der Waals surface area contributed by atoms with Crippen molar-refractivity contribution in [2.45, 2.75) is 13.0 Å². The minimum Gasteiger partial charge on any atom is -0.325 e. The lowest BCUT2D eigenvalue weighted by Gasteiger charge is -2.10. The largest absolute Gasteiger partial charge is 0.325 e. The predicted octanol–water partition coefficient (Wildman–Crippen LogP) is 1.24. The normalized spacial score (nSPS) is 12.2. The van der Waals surface area contributed by atoms with Gasteiger partial charge < -0.3 is 5.32 Å².